The molecule has 0 aromatic heterocycles. The van der Waals surface area contributed by atoms with Crippen LogP contribution in [0.2, 0.25) is 0 Å². The summed E-state index contributed by atoms with van der Waals surface area (Å²) < 4.78 is 0. The Morgan fingerprint density at radius 3 is 2.24 bits per heavy atom. The van der Waals surface area contributed by atoms with E-state index in [1.54, 1.807) is 0 Å². The van der Waals surface area contributed by atoms with Gasteiger partial charge in [0.05, 0.1) is 0 Å². The predicted molar refractivity (Wildman–Crippen MR) is 78.4 cm³/mol. The molecule has 0 amide bonds. The third-order valence-corrected chi connectivity index (χ3v) is 3.01. The maximum absolute atomic E-state index is 3.86. The first-order chi connectivity index (χ1) is 7.79. The van der Waals surface area contributed by atoms with Gasteiger partial charge in [-0.15, -0.1) is 6.58 Å². The molecule has 0 rings (SSSR count). The third kappa shape index (κ3) is 7.56. The third-order valence-electron chi connectivity index (χ3n) is 3.01. The number of nitrogens with one attached hydrogen (secondary N) is 1. The van der Waals surface area contributed by atoms with E-state index in [9.17, 15) is 0 Å². The number of rotatable bonds is 8. The molecule has 0 radical (unpaired) electrons. The highest BCUT2D eigenvalue weighted by molar-refractivity contribution is 4.86. The number of hydrogen-bond donors (Lipinski definition) is 1. The topological polar surface area (TPSA) is 15.3 Å². The minimum atomic E-state index is 0.214. The van der Waals surface area contributed by atoms with Crippen LogP contribution in [0.1, 0.15) is 48.0 Å². The smallest absolute Gasteiger partial charge is 0.0168 e. The largest absolute Gasteiger partial charge is 0.316 e. The summed E-state index contributed by atoms with van der Waals surface area (Å²) in [5.74, 6) is 0.734. The van der Waals surface area contributed by atoms with Gasteiger partial charge in [0.15, 0.2) is 0 Å². The molecule has 0 aromatic carbocycles. The Balaban J connectivity index is 4.06. The fraction of sp³-hybridized carbons (Fsp3) is 0.867. The van der Waals surface area contributed by atoms with Crippen molar-refractivity contribution in [2.24, 2.45) is 5.92 Å². The maximum atomic E-state index is 3.86. The molecule has 0 aliphatic rings. The van der Waals surface area contributed by atoms with E-state index in [0.29, 0.717) is 6.04 Å². The lowest BCUT2D eigenvalue weighted by molar-refractivity contribution is 0.101. The maximum Gasteiger partial charge on any atom is 0.0168 e. The van der Waals surface area contributed by atoms with Gasteiger partial charge in [0.2, 0.25) is 0 Å². The second-order valence-corrected chi connectivity index (χ2v) is 6.35. The molecule has 102 valence electrons. The fourth-order valence-corrected chi connectivity index (χ4v) is 2.11. The molecular weight excluding hydrogens is 208 g/mol. The van der Waals surface area contributed by atoms with Gasteiger partial charge in [-0.2, -0.15) is 0 Å². The molecule has 2 heteroatoms. The van der Waals surface area contributed by atoms with E-state index in [1.165, 1.54) is 6.42 Å². The Morgan fingerprint density at radius 1 is 1.24 bits per heavy atom. The van der Waals surface area contributed by atoms with Crippen LogP contribution in [0.15, 0.2) is 12.7 Å². The SMILES string of the molecule is C=CCN(C(C)CCNCC(C)C)C(C)(C)C. The van der Waals surface area contributed by atoms with Crippen molar-refractivity contribution in [3.05, 3.63) is 12.7 Å². The van der Waals surface area contributed by atoms with Crippen molar-refractivity contribution in [3.63, 3.8) is 0 Å². The van der Waals surface area contributed by atoms with Crippen LogP contribution in [-0.4, -0.2) is 36.1 Å². The summed E-state index contributed by atoms with van der Waals surface area (Å²) in [4.78, 5) is 2.51. The minimum Gasteiger partial charge on any atom is -0.316 e. The van der Waals surface area contributed by atoms with Crippen LogP contribution in [0, 0.1) is 5.92 Å². The molecule has 0 aliphatic carbocycles. The van der Waals surface area contributed by atoms with Gasteiger partial charge >= 0.3 is 0 Å². The van der Waals surface area contributed by atoms with Crippen molar-refractivity contribution in [2.45, 2.75) is 59.5 Å². The van der Waals surface area contributed by atoms with Gasteiger partial charge < -0.3 is 5.32 Å². The van der Waals surface area contributed by atoms with Crippen LogP contribution < -0.4 is 5.32 Å². The summed E-state index contributed by atoms with van der Waals surface area (Å²) in [6.07, 6.45) is 3.20. The van der Waals surface area contributed by atoms with Gasteiger partial charge in [-0.05, 0) is 53.1 Å². The van der Waals surface area contributed by atoms with Gasteiger partial charge in [0, 0.05) is 18.1 Å². The monoisotopic (exact) mass is 240 g/mol. The average molecular weight is 240 g/mol. The Labute approximate surface area is 108 Å². The van der Waals surface area contributed by atoms with Crippen LogP contribution in [0.4, 0.5) is 0 Å². The molecule has 1 N–H and O–H groups in total. The highest BCUT2D eigenvalue weighted by Gasteiger charge is 2.24. The van der Waals surface area contributed by atoms with Crippen LogP contribution in [0.5, 0.6) is 0 Å². The van der Waals surface area contributed by atoms with E-state index >= 15 is 0 Å². The molecule has 0 spiro atoms. The van der Waals surface area contributed by atoms with Crippen molar-refractivity contribution < 1.29 is 0 Å². The van der Waals surface area contributed by atoms with E-state index < -0.39 is 0 Å². The van der Waals surface area contributed by atoms with E-state index in [0.717, 1.165) is 25.6 Å². The Hall–Kier alpha value is -0.340. The summed E-state index contributed by atoms with van der Waals surface area (Å²) in [5.41, 5.74) is 0.214. The molecule has 0 fully saturated rings. The van der Waals surface area contributed by atoms with Gasteiger partial charge in [-0.3, -0.25) is 4.90 Å². The summed E-state index contributed by atoms with van der Waals surface area (Å²) in [6.45, 7) is 20.7. The van der Waals surface area contributed by atoms with Crippen LogP contribution >= 0.6 is 0 Å². The average Bonchev–Trinajstić information content (AvgIpc) is 2.18. The zero-order valence-corrected chi connectivity index (χ0v) is 12.7. The van der Waals surface area contributed by atoms with Crippen LogP contribution in [0.25, 0.3) is 0 Å². The Bertz CT molecular complexity index is 203. The summed E-state index contributed by atoms with van der Waals surface area (Å²) in [6, 6.07) is 0.590. The lowest BCUT2D eigenvalue weighted by Crippen LogP contribution is -2.47. The fourth-order valence-electron chi connectivity index (χ4n) is 2.11. The molecule has 17 heavy (non-hydrogen) atoms. The molecule has 0 saturated carbocycles. The van der Waals surface area contributed by atoms with Gasteiger partial charge in [-0.1, -0.05) is 19.9 Å². The predicted octanol–water partition coefficient (Wildman–Crippen LogP) is 3.30. The van der Waals surface area contributed by atoms with Crippen LogP contribution in [0.3, 0.4) is 0 Å². The molecule has 2 nitrogen and oxygen atoms in total. The number of nitrogens with zero attached hydrogens (tertiary/aromatic N) is 1. The van der Waals surface area contributed by atoms with Gasteiger partial charge in [0.25, 0.3) is 0 Å². The van der Waals surface area contributed by atoms with Crippen LogP contribution in [-0.2, 0) is 0 Å². The minimum absolute atomic E-state index is 0.214. The molecule has 0 saturated heterocycles. The lowest BCUT2D eigenvalue weighted by atomic mass is 10.0. The Morgan fingerprint density at radius 2 is 1.82 bits per heavy atom. The molecule has 1 atom stereocenters. The van der Waals surface area contributed by atoms with Crippen molar-refractivity contribution >= 4 is 0 Å². The lowest BCUT2D eigenvalue weighted by Gasteiger charge is -2.39. The van der Waals surface area contributed by atoms with E-state index in [2.05, 4.69) is 58.3 Å². The quantitative estimate of drug-likeness (QED) is 0.517. The molecule has 0 bridgehead atoms. The van der Waals surface area contributed by atoms with E-state index in [-0.39, 0.29) is 5.54 Å². The van der Waals surface area contributed by atoms with Gasteiger partial charge in [-0.25, -0.2) is 0 Å². The first kappa shape index (κ1) is 16.7. The van der Waals surface area contributed by atoms with Crippen molar-refractivity contribution in [1.29, 1.82) is 0 Å². The molecular formula is C15H32N2. The second-order valence-electron chi connectivity index (χ2n) is 6.35. The summed E-state index contributed by atoms with van der Waals surface area (Å²) in [5, 5.41) is 3.51. The van der Waals surface area contributed by atoms with E-state index in [4.69, 9.17) is 0 Å². The highest BCUT2D eigenvalue weighted by Crippen LogP contribution is 2.18. The molecule has 0 aromatic rings. The zero-order chi connectivity index (χ0) is 13.5. The molecule has 0 aliphatic heterocycles. The first-order valence-electron chi connectivity index (χ1n) is 6.87. The summed E-state index contributed by atoms with van der Waals surface area (Å²) in [7, 11) is 0. The van der Waals surface area contributed by atoms with E-state index in [1.807, 2.05) is 6.08 Å². The van der Waals surface area contributed by atoms with Gasteiger partial charge in [0.1, 0.15) is 0 Å². The Kier molecular flexibility index (Phi) is 7.73. The number of hydrogen-bond acceptors (Lipinski definition) is 2. The molecule has 0 heterocycles. The zero-order valence-electron chi connectivity index (χ0n) is 12.7. The second kappa shape index (κ2) is 7.88. The first-order valence-corrected chi connectivity index (χ1v) is 6.87. The summed E-state index contributed by atoms with van der Waals surface area (Å²) >= 11 is 0. The van der Waals surface area contributed by atoms with Crippen molar-refractivity contribution in [1.82, 2.24) is 10.2 Å². The molecule has 1 unspecified atom stereocenters. The standard InChI is InChI=1S/C15H32N2/c1-8-11-17(15(5,6)7)14(4)9-10-16-12-13(2)3/h8,13-14,16H,1,9-12H2,2-7H3. The normalized spacial score (nSPS) is 14.4. The van der Waals surface area contributed by atoms with Crippen molar-refractivity contribution in [3.8, 4) is 0 Å². The highest BCUT2D eigenvalue weighted by atomic mass is 15.2. The van der Waals surface area contributed by atoms with Crippen molar-refractivity contribution in [2.75, 3.05) is 19.6 Å².